The molecule has 0 spiro atoms. The van der Waals surface area contributed by atoms with Crippen LogP contribution >= 0.6 is 0 Å². The minimum atomic E-state index is -2.99. The van der Waals surface area contributed by atoms with Crippen LogP contribution in [0.1, 0.15) is 15.9 Å². The third kappa shape index (κ3) is 3.61. The molecule has 22 heavy (non-hydrogen) atoms. The Morgan fingerprint density at radius 1 is 1.18 bits per heavy atom. The van der Waals surface area contributed by atoms with Crippen LogP contribution in [0, 0.1) is 12.3 Å². The molecule has 112 valence electrons. The first-order valence-electron chi connectivity index (χ1n) is 6.28. The van der Waals surface area contributed by atoms with Gasteiger partial charge in [-0.3, -0.25) is 0 Å². The maximum absolute atomic E-state index is 12.4. The van der Waals surface area contributed by atoms with Crippen LogP contribution in [0.4, 0.5) is 8.78 Å². The first-order chi connectivity index (χ1) is 10.5. The molecule has 0 fully saturated rings. The lowest BCUT2D eigenvalue weighted by atomic mass is 10.0. The summed E-state index contributed by atoms with van der Waals surface area (Å²) in [5, 5.41) is 0. The highest BCUT2D eigenvalue weighted by Gasteiger charge is 2.13. The summed E-state index contributed by atoms with van der Waals surface area (Å²) in [5.41, 5.74) is 1.95. The van der Waals surface area contributed by atoms with E-state index < -0.39 is 12.6 Å². The zero-order valence-electron chi connectivity index (χ0n) is 11.7. The Kier molecular flexibility index (Phi) is 4.74. The molecule has 0 amide bonds. The number of alkyl halides is 2. The smallest absolute Gasteiger partial charge is 0.387 e. The fourth-order valence-electron chi connectivity index (χ4n) is 1.96. The third-order valence-corrected chi connectivity index (χ3v) is 2.92. The topological polar surface area (TPSA) is 35.5 Å². The first kappa shape index (κ1) is 15.5. The van der Waals surface area contributed by atoms with Gasteiger partial charge in [0.1, 0.15) is 5.75 Å². The van der Waals surface area contributed by atoms with E-state index in [1.54, 1.807) is 24.3 Å². The predicted octanol–water partition coefficient (Wildman–Crippen LogP) is 3.72. The van der Waals surface area contributed by atoms with Crippen molar-refractivity contribution in [3.8, 4) is 29.2 Å². The molecule has 2 aromatic carbocycles. The second-order valence-corrected chi connectivity index (χ2v) is 4.34. The number of rotatable bonds is 4. The molecule has 3 nitrogen and oxygen atoms in total. The van der Waals surface area contributed by atoms with Crippen molar-refractivity contribution in [1.29, 1.82) is 0 Å². The predicted molar refractivity (Wildman–Crippen MR) is 77.8 cm³/mol. The van der Waals surface area contributed by atoms with Crippen LogP contribution < -0.4 is 4.74 Å². The van der Waals surface area contributed by atoms with Crippen molar-refractivity contribution < 1.29 is 23.0 Å². The zero-order valence-corrected chi connectivity index (χ0v) is 11.7. The van der Waals surface area contributed by atoms with E-state index >= 15 is 0 Å². The van der Waals surface area contributed by atoms with E-state index in [0.717, 1.165) is 0 Å². The second-order valence-electron chi connectivity index (χ2n) is 4.34. The van der Waals surface area contributed by atoms with E-state index in [1.165, 1.54) is 25.3 Å². The quantitative estimate of drug-likeness (QED) is 0.638. The number of ether oxygens (including phenoxy) is 2. The summed E-state index contributed by atoms with van der Waals surface area (Å²) in [6, 6.07) is 11.1. The molecular weight excluding hydrogens is 290 g/mol. The van der Waals surface area contributed by atoms with E-state index in [0.29, 0.717) is 16.7 Å². The monoisotopic (exact) mass is 302 g/mol. The molecule has 0 aromatic heterocycles. The number of carbonyl (C=O) groups excluding carboxylic acids is 1. The standard InChI is InChI=1S/C17H12F2O3/c1-3-11-5-4-6-12(7-11)13-8-14(16(20)21-2)10-15(9-13)22-17(18)19/h1,4-10,17H,2H3. The highest BCUT2D eigenvalue weighted by Crippen LogP contribution is 2.28. The highest BCUT2D eigenvalue weighted by molar-refractivity contribution is 5.91. The zero-order chi connectivity index (χ0) is 16.1. The van der Waals surface area contributed by atoms with Crippen molar-refractivity contribution in [3.05, 3.63) is 53.6 Å². The molecular formula is C17H12F2O3. The molecule has 0 saturated heterocycles. The molecule has 0 saturated carbocycles. The number of carbonyl (C=O) groups is 1. The molecule has 0 aliphatic carbocycles. The third-order valence-electron chi connectivity index (χ3n) is 2.92. The lowest BCUT2D eigenvalue weighted by molar-refractivity contribution is -0.0498. The van der Waals surface area contributed by atoms with Crippen molar-refractivity contribution in [2.45, 2.75) is 6.61 Å². The van der Waals surface area contributed by atoms with Gasteiger partial charge in [0.15, 0.2) is 0 Å². The van der Waals surface area contributed by atoms with E-state index in [2.05, 4.69) is 15.4 Å². The molecule has 0 unspecified atom stereocenters. The fraction of sp³-hybridized carbons (Fsp3) is 0.118. The van der Waals surface area contributed by atoms with Crippen LogP contribution in [0.15, 0.2) is 42.5 Å². The van der Waals surface area contributed by atoms with Crippen molar-refractivity contribution in [2.24, 2.45) is 0 Å². The minimum absolute atomic E-state index is 0.113. The van der Waals surface area contributed by atoms with Crippen molar-refractivity contribution >= 4 is 5.97 Å². The van der Waals surface area contributed by atoms with Gasteiger partial charge < -0.3 is 9.47 Å². The molecule has 5 heteroatoms. The average molecular weight is 302 g/mol. The van der Waals surface area contributed by atoms with Gasteiger partial charge in [-0.15, -0.1) is 6.42 Å². The molecule has 2 rings (SSSR count). The van der Waals surface area contributed by atoms with E-state index in [4.69, 9.17) is 6.42 Å². The Morgan fingerprint density at radius 2 is 1.95 bits per heavy atom. The van der Waals surface area contributed by atoms with Crippen molar-refractivity contribution in [3.63, 3.8) is 0 Å². The van der Waals surface area contributed by atoms with E-state index in [9.17, 15) is 13.6 Å². The van der Waals surface area contributed by atoms with Crippen molar-refractivity contribution in [1.82, 2.24) is 0 Å². The van der Waals surface area contributed by atoms with Crippen LogP contribution in [0.2, 0.25) is 0 Å². The molecule has 0 radical (unpaired) electrons. The molecule has 0 bridgehead atoms. The summed E-state index contributed by atoms with van der Waals surface area (Å²) in [6.07, 6.45) is 5.34. The summed E-state index contributed by atoms with van der Waals surface area (Å²) >= 11 is 0. The van der Waals surface area contributed by atoms with E-state index in [1.807, 2.05) is 0 Å². The number of benzene rings is 2. The van der Waals surface area contributed by atoms with Gasteiger partial charge in [-0.1, -0.05) is 18.1 Å². The number of terminal acetylenes is 1. The van der Waals surface area contributed by atoms with Crippen molar-refractivity contribution in [2.75, 3.05) is 7.11 Å². The molecule has 0 aliphatic heterocycles. The van der Waals surface area contributed by atoms with Gasteiger partial charge >= 0.3 is 12.6 Å². The lowest BCUT2D eigenvalue weighted by Crippen LogP contribution is -2.05. The Morgan fingerprint density at radius 3 is 2.59 bits per heavy atom. The number of hydrogen-bond acceptors (Lipinski definition) is 3. The normalized spacial score (nSPS) is 10.1. The molecule has 0 heterocycles. The summed E-state index contributed by atoms with van der Waals surface area (Å²) in [5.74, 6) is 1.72. The Bertz CT molecular complexity index is 733. The summed E-state index contributed by atoms with van der Waals surface area (Å²) in [7, 11) is 1.21. The minimum Gasteiger partial charge on any atom is -0.465 e. The summed E-state index contributed by atoms with van der Waals surface area (Å²) in [6.45, 7) is -2.99. The maximum Gasteiger partial charge on any atom is 0.387 e. The Hall–Kier alpha value is -2.87. The van der Waals surface area contributed by atoms with Gasteiger partial charge in [0, 0.05) is 5.56 Å². The lowest BCUT2D eigenvalue weighted by Gasteiger charge is -2.10. The van der Waals surface area contributed by atoms with Crippen LogP contribution in [-0.4, -0.2) is 19.7 Å². The van der Waals surface area contributed by atoms with Crippen LogP contribution in [-0.2, 0) is 4.74 Å². The Balaban J connectivity index is 2.53. The van der Waals surface area contributed by atoms with Gasteiger partial charge in [-0.05, 0) is 41.5 Å². The van der Waals surface area contributed by atoms with Gasteiger partial charge in [0.2, 0.25) is 0 Å². The molecule has 2 aromatic rings. The number of methoxy groups -OCH3 is 1. The number of halogens is 2. The van der Waals surface area contributed by atoms with Crippen LogP contribution in [0.5, 0.6) is 5.75 Å². The van der Waals surface area contributed by atoms with Crippen LogP contribution in [0.25, 0.3) is 11.1 Å². The second kappa shape index (κ2) is 6.72. The number of esters is 1. The summed E-state index contributed by atoms with van der Waals surface area (Å²) in [4.78, 5) is 11.7. The fourth-order valence-corrected chi connectivity index (χ4v) is 1.96. The average Bonchev–Trinajstić information content (AvgIpc) is 2.53. The molecule has 0 N–H and O–H groups in total. The molecule has 0 atom stereocenters. The van der Waals surface area contributed by atoms with Gasteiger partial charge in [0.25, 0.3) is 0 Å². The van der Waals surface area contributed by atoms with Crippen LogP contribution in [0.3, 0.4) is 0 Å². The van der Waals surface area contributed by atoms with Gasteiger partial charge in [-0.2, -0.15) is 8.78 Å². The largest absolute Gasteiger partial charge is 0.465 e. The van der Waals surface area contributed by atoms with Gasteiger partial charge in [-0.25, -0.2) is 4.79 Å². The maximum atomic E-state index is 12.4. The summed E-state index contributed by atoms with van der Waals surface area (Å²) < 4.78 is 33.9. The van der Waals surface area contributed by atoms with E-state index in [-0.39, 0.29) is 11.3 Å². The Labute approximate surface area is 126 Å². The first-order valence-corrected chi connectivity index (χ1v) is 6.28. The SMILES string of the molecule is C#Cc1cccc(-c2cc(OC(F)F)cc(C(=O)OC)c2)c1. The number of hydrogen-bond donors (Lipinski definition) is 0. The highest BCUT2D eigenvalue weighted by atomic mass is 19.3. The van der Waals surface area contributed by atoms with Gasteiger partial charge in [0.05, 0.1) is 12.7 Å². The molecule has 0 aliphatic rings.